The Morgan fingerprint density at radius 3 is 2.10 bits per heavy atom. The highest BCUT2D eigenvalue weighted by Gasteiger charge is 2.55. The molecule has 5 unspecified atom stereocenters. The minimum atomic E-state index is -4.57. The first-order valence-corrected chi connectivity index (χ1v) is 35.6. The van der Waals surface area contributed by atoms with E-state index >= 15 is 0 Å². The van der Waals surface area contributed by atoms with Crippen molar-refractivity contribution in [1.29, 1.82) is 0 Å². The molecule has 522 valence electrons. The van der Waals surface area contributed by atoms with Gasteiger partial charge >= 0.3 is 12.4 Å². The number of nitrogens with zero attached hydrogens (tertiary/aromatic N) is 6. The maximum Gasteiger partial charge on any atom is 0.417 e. The Hall–Kier alpha value is -4.63. The molecule has 7 rings (SSSR count). The second kappa shape index (κ2) is 35.0. The molecule has 2 aromatic carbocycles. The lowest BCUT2D eigenvalue weighted by Crippen LogP contribution is -2.76. The maximum atomic E-state index is 14.7. The van der Waals surface area contributed by atoms with Gasteiger partial charge < -0.3 is 51.5 Å². The van der Waals surface area contributed by atoms with E-state index in [1.165, 1.54) is 30.0 Å². The van der Waals surface area contributed by atoms with E-state index in [1.807, 2.05) is 43.7 Å². The first-order chi connectivity index (χ1) is 44.1. The SMILES string of the molecule is CC[C@H](C)[C@H]1C(C)NC2(CCCC2)CNCCNC=CC(CCc2ccc(C(F)(F)F)c(Cl)c2)=NC=CN(C)C=C(Cc2ccc(C(F)(F)F)cc2)N(C)C=C2CCCN2[C@@H](C)C(C)N[C@@H]([C@@H](C)CC)CN[C@@H](CC(C)C)C(C)NCC2[C@@H](C(=O)N3CCCC3)C(C)N21. The number of carbonyl (C=O) groups is 1. The number of benzene rings is 2. The number of hydrogen-bond donors (Lipinski definition) is 6. The number of aliphatic imine (C=N–C) groups is 1. The second-order valence-corrected chi connectivity index (χ2v) is 28.9. The highest BCUT2D eigenvalue weighted by atomic mass is 35.5. The Balaban J connectivity index is 1.22. The number of fused-ring (bicyclic) bond motifs is 2. The Morgan fingerprint density at radius 2 is 1.45 bits per heavy atom. The van der Waals surface area contributed by atoms with Crippen molar-refractivity contribution in [3.8, 4) is 0 Å². The molecule has 0 aromatic heterocycles. The van der Waals surface area contributed by atoms with E-state index in [0.29, 0.717) is 67.3 Å². The summed E-state index contributed by atoms with van der Waals surface area (Å²) < 4.78 is 82.4. The van der Waals surface area contributed by atoms with Crippen molar-refractivity contribution < 1.29 is 31.1 Å². The monoisotopic (exact) mass is 1320 g/mol. The quantitative estimate of drug-likeness (QED) is 0.114. The molecule has 2 aromatic rings. The molecule has 1 amide bonds. The maximum absolute atomic E-state index is 14.7. The Bertz CT molecular complexity index is 2800. The number of allylic oxidation sites excluding steroid dienone is 3. The van der Waals surface area contributed by atoms with E-state index in [1.54, 1.807) is 6.20 Å². The lowest BCUT2D eigenvalue weighted by Gasteiger charge is -2.60. The van der Waals surface area contributed by atoms with Crippen molar-refractivity contribution in [2.45, 2.75) is 238 Å². The van der Waals surface area contributed by atoms with Crippen molar-refractivity contribution in [2.24, 2.45) is 28.7 Å². The summed E-state index contributed by atoms with van der Waals surface area (Å²) in [4.78, 5) is 30.9. The first-order valence-electron chi connectivity index (χ1n) is 35.2. The van der Waals surface area contributed by atoms with Crippen LogP contribution in [0.3, 0.4) is 0 Å². The largest absolute Gasteiger partial charge is 0.417 e. The molecule has 93 heavy (non-hydrogen) atoms. The van der Waals surface area contributed by atoms with Crippen LogP contribution in [0, 0.1) is 23.7 Å². The summed E-state index contributed by atoms with van der Waals surface area (Å²) in [5.74, 6) is 1.47. The standard InChI is InChI=1S/C73H115ClF6N12O/c1-14-50(5)66-44-85-65(41-49(3)4)53(8)84-45-67-68(70(93)90-37-18-19-38-90)56(11)92(67)69(51(6)15-2)54(9)87-71(31-16-17-32-71)48-82-35-34-81-33-30-60(28-24-58-25-29-63(64(74)43-58)73(78,79)80)83-36-40-88(12)46-62(42-57-22-26-59(27-23-57)72(75,76)77)89(13)47-61-21-20-39-91(61)55(10)52(7)86-66/h22-23,25-27,29-30,33,36,40,43,46-47,49-56,65-69,81-82,84-87H,14-21,24,28,31-32,34-35,37-39,41-42,44-45,48H2,1-13H3/t50-,51-,52?,53?,54?,55-,56?,65-,66+,67?,68-,69-/m0/s1. The van der Waals surface area contributed by atoms with Crippen molar-refractivity contribution in [1.82, 2.24) is 56.4 Å². The fourth-order valence-corrected chi connectivity index (χ4v) is 15.4. The Kier molecular flexibility index (Phi) is 28.5. The normalized spacial score (nSPS) is 28.4. The molecule has 13 nitrogen and oxygen atoms in total. The number of nitrogens with one attached hydrogen (secondary N) is 6. The third-order valence-electron chi connectivity index (χ3n) is 21.1. The van der Waals surface area contributed by atoms with Crippen LogP contribution in [0.5, 0.6) is 0 Å². The van der Waals surface area contributed by atoms with E-state index < -0.39 is 23.5 Å². The zero-order valence-electron chi connectivity index (χ0n) is 58.3. The van der Waals surface area contributed by atoms with Gasteiger partial charge in [-0.3, -0.25) is 14.7 Å². The lowest BCUT2D eigenvalue weighted by atomic mass is 9.74. The van der Waals surface area contributed by atoms with Gasteiger partial charge in [0.05, 0.1) is 22.1 Å². The van der Waals surface area contributed by atoms with Crippen LogP contribution in [0.2, 0.25) is 5.02 Å². The van der Waals surface area contributed by atoms with Crippen molar-refractivity contribution >= 4 is 23.2 Å². The molecule has 1 saturated carbocycles. The van der Waals surface area contributed by atoms with Gasteiger partial charge in [0.15, 0.2) is 0 Å². The van der Waals surface area contributed by atoms with Crippen LogP contribution in [-0.2, 0) is 30.0 Å². The number of aryl methyl sites for hydroxylation is 1. The number of rotatable bonds is 12. The van der Waals surface area contributed by atoms with Gasteiger partial charge in [-0.05, 0) is 158 Å². The number of amides is 1. The highest BCUT2D eigenvalue weighted by molar-refractivity contribution is 6.31. The van der Waals surface area contributed by atoms with Crippen LogP contribution in [0.15, 0.2) is 95.9 Å². The number of carbonyl (C=O) groups excluding carboxylic acids is 1. The van der Waals surface area contributed by atoms with Crippen LogP contribution in [0.4, 0.5) is 26.3 Å². The van der Waals surface area contributed by atoms with Crippen LogP contribution in [0.1, 0.15) is 175 Å². The summed E-state index contributed by atoms with van der Waals surface area (Å²) in [7, 11) is 3.88. The second-order valence-electron chi connectivity index (χ2n) is 28.5. The zero-order valence-corrected chi connectivity index (χ0v) is 59.1. The van der Waals surface area contributed by atoms with Gasteiger partial charge in [-0.25, -0.2) is 0 Å². The van der Waals surface area contributed by atoms with E-state index in [9.17, 15) is 31.1 Å². The van der Waals surface area contributed by atoms with Crippen molar-refractivity contribution in [3.63, 3.8) is 0 Å². The van der Waals surface area contributed by atoms with Crippen molar-refractivity contribution in [3.05, 3.63) is 118 Å². The van der Waals surface area contributed by atoms with Gasteiger partial charge in [-0.15, -0.1) is 0 Å². The van der Waals surface area contributed by atoms with Gasteiger partial charge in [0.1, 0.15) is 0 Å². The van der Waals surface area contributed by atoms with Crippen LogP contribution in [0.25, 0.3) is 0 Å². The fraction of sp³-hybridized carbons (Fsp3) is 0.699. The molecule has 0 bridgehead atoms. The number of halogens is 7. The molecule has 4 aliphatic heterocycles. The highest BCUT2D eigenvalue weighted by Crippen LogP contribution is 2.42. The summed E-state index contributed by atoms with van der Waals surface area (Å²) in [5, 5.41) is 23.6. The van der Waals surface area contributed by atoms with E-state index in [0.717, 1.165) is 139 Å². The van der Waals surface area contributed by atoms with Gasteiger partial charge in [-0.1, -0.05) is 97.0 Å². The molecule has 4 heterocycles. The molecule has 5 aliphatic rings. The molecule has 12 atom stereocenters. The first kappa shape index (κ1) is 75.7. The number of likely N-dealkylation sites (tertiary alicyclic amines) is 1. The zero-order chi connectivity index (χ0) is 67.8. The molecule has 3 saturated heterocycles. The molecular weight excluding hydrogens is 1210 g/mol. The van der Waals surface area contributed by atoms with Crippen LogP contribution in [-0.4, -0.2) is 162 Å². The summed E-state index contributed by atoms with van der Waals surface area (Å²) in [6.07, 6.45) is 15.0. The fourth-order valence-electron chi connectivity index (χ4n) is 15.1. The summed E-state index contributed by atoms with van der Waals surface area (Å²) in [6, 6.07) is 10.5. The van der Waals surface area contributed by atoms with E-state index in [-0.39, 0.29) is 70.9 Å². The van der Waals surface area contributed by atoms with E-state index in [4.69, 9.17) is 16.6 Å². The van der Waals surface area contributed by atoms with Gasteiger partial charge in [0, 0.05) is 175 Å². The van der Waals surface area contributed by atoms with E-state index in [2.05, 4.69) is 134 Å². The molecule has 20 heteroatoms. The molecular formula is C73H115ClF6N12O. The number of hydrogen-bond acceptors (Lipinski definition) is 12. The molecule has 1 aliphatic carbocycles. The minimum absolute atomic E-state index is 0.0483. The summed E-state index contributed by atoms with van der Waals surface area (Å²) in [5.41, 5.74) is 2.41. The van der Waals surface area contributed by atoms with Gasteiger partial charge in [-0.2, -0.15) is 26.3 Å². The topological polar surface area (TPSA) is 118 Å². The lowest BCUT2D eigenvalue weighted by molar-refractivity contribution is -0.160. The predicted molar refractivity (Wildman–Crippen MR) is 370 cm³/mol. The smallest absolute Gasteiger partial charge is 0.390 e. The Labute approximate surface area is 559 Å². The Morgan fingerprint density at radius 1 is 0.763 bits per heavy atom. The molecule has 4 fully saturated rings. The molecule has 6 N–H and O–H groups in total. The van der Waals surface area contributed by atoms with Gasteiger partial charge in [0.25, 0.3) is 0 Å². The van der Waals surface area contributed by atoms with Crippen LogP contribution >= 0.6 is 11.6 Å². The minimum Gasteiger partial charge on any atom is -0.390 e. The average molecular weight is 1330 g/mol. The van der Waals surface area contributed by atoms with Crippen molar-refractivity contribution in [2.75, 3.05) is 66.5 Å². The third-order valence-corrected chi connectivity index (χ3v) is 21.5. The summed E-state index contributed by atoms with van der Waals surface area (Å²) in [6.45, 7) is 31.8. The van der Waals surface area contributed by atoms with Gasteiger partial charge in [0.2, 0.25) is 5.91 Å². The molecule has 0 radical (unpaired) electrons. The summed E-state index contributed by atoms with van der Waals surface area (Å²) >= 11 is 6.17. The average Bonchev–Trinajstić information content (AvgIpc) is 1.18. The molecule has 1 spiro atoms. The number of alkyl halides is 6. The number of likely N-dealkylation sites (N-methyl/N-ethyl adjacent to an activating group) is 1. The third kappa shape index (κ3) is 21.2. The predicted octanol–water partition coefficient (Wildman–Crippen LogP) is 13.6. The van der Waals surface area contributed by atoms with Crippen LogP contribution < -0.4 is 31.9 Å².